The number of anilines is 1. The number of rotatable bonds is 4. The molecule has 0 bridgehead atoms. The summed E-state index contributed by atoms with van der Waals surface area (Å²) in [5.41, 5.74) is 7.95. The number of nitrogens with two attached hydrogens (primary N) is 1. The first-order valence-corrected chi connectivity index (χ1v) is 7.70. The Morgan fingerprint density at radius 1 is 1.40 bits per heavy atom. The minimum absolute atomic E-state index is 0.108. The maximum Gasteiger partial charge on any atom is 0.146 e. The van der Waals surface area contributed by atoms with Crippen LogP contribution in [0.15, 0.2) is 18.2 Å². The van der Waals surface area contributed by atoms with Crippen LogP contribution in [0.3, 0.4) is 0 Å². The normalized spacial score (nSPS) is 19.9. The van der Waals surface area contributed by atoms with Gasteiger partial charge in [-0.3, -0.25) is 0 Å². The van der Waals surface area contributed by atoms with Gasteiger partial charge in [0.25, 0.3) is 0 Å². The van der Waals surface area contributed by atoms with Crippen LogP contribution in [0.2, 0.25) is 0 Å². The van der Waals surface area contributed by atoms with Crippen molar-refractivity contribution in [2.24, 2.45) is 11.1 Å². The van der Waals surface area contributed by atoms with Crippen molar-refractivity contribution in [1.82, 2.24) is 0 Å². The number of hydrogen-bond donors (Lipinski definition) is 1. The molecule has 1 unspecified atom stereocenters. The highest BCUT2D eigenvalue weighted by Crippen LogP contribution is 2.32. The molecular formula is C17H27FN2. The van der Waals surface area contributed by atoms with Crippen molar-refractivity contribution in [3.8, 4) is 0 Å². The lowest BCUT2D eigenvalue weighted by atomic mass is 9.84. The van der Waals surface area contributed by atoms with Crippen molar-refractivity contribution >= 4 is 5.69 Å². The lowest BCUT2D eigenvalue weighted by molar-refractivity contribution is 0.292. The molecule has 0 saturated carbocycles. The van der Waals surface area contributed by atoms with Crippen LogP contribution in [0, 0.1) is 11.2 Å². The molecule has 112 valence electrons. The van der Waals surface area contributed by atoms with E-state index in [-0.39, 0.29) is 17.3 Å². The van der Waals surface area contributed by atoms with E-state index >= 15 is 0 Å². The fourth-order valence-corrected chi connectivity index (χ4v) is 3.01. The smallest absolute Gasteiger partial charge is 0.146 e. The van der Waals surface area contributed by atoms with E-state index in [0.29, 0.717) is 0 Å². The van der Waals surface area contributed by atoms with Crippen LogP contribution in [0.5, 0.6) is 0 Å². The molecule has 1 aliphatic heterocycles. The van der Waals surface area contributed by atoms with Crippen molar-refractivity contribution in [3.05, 3.63) is 29.6 Å². The predicted octanol–water partition coefficient (Wildman–Crippen LogP) is 3.73. The molecule has 1 aromatic carbocycles. The number of hydrogen-bond acceptors (Lipinski definition) is 2. The Morgan fingerprint density at radius 3 is 2.75 bits per heavy atom. The molecule has 1 aliphatic rings. The van der Waals surface area contributed by atoms with Crippen LogP contribution in [-0.4, -0.2) is 19.1 Å². The Hall–Kier alpha value is -1.09. The number of nitrogens with zero attached hydrogens (tertiary/aromatic N) is 1. The summed E-state index contributed by atoms with van der Waals surface area (Å²) in [5.74, 6) is -0.108. The molecule has 1 heterocycles. The van der Waals surface area contributed by atoms with E-state index in [1.807, 2.05) is 12.1 Å². The topological polar surface area (TPSA) is 29.3 Å². The maximum absolute atomic E-state index is 14.4. The SMILES string of the molecule is CCC(N)Cc1ccc(N2CCCC(C)(C)C2)c(F)c1. The Bertz CT molecular complexity index is 456. The second-order valence-corrected chi connectivity index (χ2v) is 6.85. The van der Waals surface area contributed by atoms with Gasteiger partial charge in [-0.1, -0.05) is 26.8 Å². The molecule has 2 rings (SSSR count). The van der Waals surface area contributed by atoms with Gasteiger partial charge in [-0.05, 0) is 48.8 Å². The standard InChI is InChI=1S/C17H27FN2/c1-4-14(19)10-13-6-7-16(15(18)11-13)20-9-5-8-17(2,3)12-20/h6-7,11,14H,4-5,8-10,12,19H2,1-3H3. The van der Waals surface area contributed by atoms with E-state index in [9.17, 15) is 4.39 Å². The van der Waals surface area contributed by atoms with Gasteiger partial charge in [-0.25, -0.2) is 4.39 Å². The van der Waals surface area contributed by atoms with Gasteiger partial charge in [0.1, 0.15) is 5.82 Å². The maximum atomic E-state index is 14.4. The molecule has 3 heteroatoms. The lowest BCUT2D eigenvalue weighted by Gasteiger charge is -2.39. The van der Waals surface area contributed by atoms with E-state index in [1.165, 1.54) is 6.42 Å². The molecule has 1 fully saturated rings. The second kappa shape index (κ2) is 6.13. The Labute approximate surface area is 122 Å². The fraction of sp³-hybridized carbons (Fsp3) is 0.647. The molecule has 0 aromatic heterocycles. The summed E-state index contributed by atoms with van der Waals surface area (Å²) < 4.78 is 14.4. The van der Waals surface area contributed by atoms with Crippen LogP contribution in [0.1, 0.15) is 45.6 Å². The van der Waals surface area contributed by atoms with E-state index in [0.717, 1.165) is 43.6 Å². The average Bonchev–Trinajstić information content (AvgIpc) is 2.37. The van der Waals surface area contributed by atoms with Gasteiger partial charge in [0.2, 0.25) is 0 Å². The number of piperidine rings is 1. The molecule has 1 saturated heterocycles. The third kappa shape index (κ3) is 3.72. The van der Waals surface area contributed by atoms with E-state index in [1.54, 1.807) is 6.07 Å². The van der Waals surface area contributed by atoms with Gasteiger partial charge < -0.3 is 10.6 Å². The quantitative estimate of drug-likeness (QED) is 0.909. The van der Waals surface area contributed by atoms with Crippen LogP contribution in [0.25, 0.3) is 0 Å². The summed E-state index contributed by atoms with van der Waals surface area (Å²) in [5, 5.41) is 0. The highest BCUT2D eigenvalue weighted by atomic mass is 19.1. The van der Waals surface area contributed by atoms with Gasteiger partial charge in [0.15, 0.2) is 0 Å². The largest absolute Gasteiger partial charge is 0.369 e. The van der Waals surface area contributed by atoms with Crippen molar-refractivity contribution in [1.29, 1.82) is 0 Å². The number of benzene rings is 1. The Kier molecular flexibility index (Phi) is 4.69. The van der Waals surface area contributed by atoms with Crippen molar-refractivity contribution in [2.45, 2.75) is 52.5 Å². The van der Waals surface area contributed by atoms with Crippen molar-refractivity contribution < 1.29 is 4.39 Å². The van der Waals surface area contributed by atoms with Crippen LogP contribution in [0.4, 0.5) is 10.1 Å². The third-order valence-corrected chi connectivity index (χ3v) is 4.28. The lowest BCUT2D eigenvalue weighted by Crippen LogP contribution is -2.40. The fourth-order valence-electron chi connectivity index (χ4n) is 3.01. The van der Waals surface area contributed by atoms with Gasteiger partial charge in [-0.15, -0.1) is 0 Å². The molecule has 2 nitrogen and oxygen atoms in total. The summed E-state index contributed by atoms with van der Waals surface area (Å²) in [4.78, 5) is 2.18. The molecule has 20 heavy (non-hydrogen) atoms. The summed E-state index contributed by atoms with van der Waals surface area (Å²) in [7, 11) is 0. The summed E-state index contributed by atoms with van der Waals surface area (Å²) >= 11 is 0. The van der Waals surface area contributed by atoms with Crippen LogP contribution in [-0.2, 0) is 6.42 Å². The summed E-state index contributed by atoms with van der Waals surface area (Å²) in [6.45, 7) is 8.45. The molecule has 1 atom stereocenters. The molecule has 1 aromatic rings. The van der Waals surface area contributed by atoms with E-state index in [4.69, 9.17) is 5.73 Å². The van der Waals surface area contributed by atoms with Gasteiger partial charge >= 0.3 is 0 Å². The van der Waals surface area contributed by atoms with Gasteiger partial charge in [0.05, 0.1) is 5.69 Å². The molecule has 0 aliphatic carbocycles. The highest BCUT2D eigenvalue weighted by Gasteiger charge is 2.27. The molecular weight excluding hydrogens is 251 g/mol. The molecule has 0 radical (unpaired) electrons. The second-order valence-electron chi connectivity index (χ2n) is 6.85. The average molecular weight is 278 g/mol. The summed E-state index contributed by atoms with van der Waals surface area (Å²) in [6, 6.07) is 5.73. The predicted molar refractivity (Wildman–Crippen MR) is 83.6 cm³/mol. The minimum atomic E-state index is -0.108. The molecule has 0 spiro atoms. The first-order chi connectivity index (χ1) is 9.41. The number of halogens is 1. The zero-order valence-corrected chi connectivity index (χ0v) is 13.0. The van der Waals surface area contributed by atoms with Gasteiger partial charge in [-0.2, -0.15) is 0 Å². The first-order valence-electron chi connectivity index (χ1n) is 7.70. The summed E-state index contributed by atoms with van der Waals surface area (Å²) in [6.07, 6.45) is 4.02. The third-order valence-electron chi connectivity index (χ3n) is 4.28. The Morgan fingerprint density at radius 2 is 2.15 bits per heavy atom. The minimum Gasteiger partial charge on any atom is -0.369 e. The van der Waals surface area contributed by atoms with Crippen molar-refractivity contribution in [3.63, 3.8) is 0 Å². The van der Waals surface area contributed by atoms with E-state index in [2.05, 4.69) is 25.7 Å². The van der Waals surface area contributed by atoms with Gasteiger partial charge in [0, 0.05) is 19.1 Å². The van der Waals surface area contributed by atoms with E-state index < -0.39 is 0 Å². The van der Waals surface area contributed by atoms with Crippen molar-refractivity contribution in [2.75, 3.05) is 18.0 Å². The molecule has 2 N–H and O–H groups in total. The monoisotopic (exact) mass is 278 g/mol. The highest BCUT2D eigenvalue weighted by molar-refractivity contribution is 5.50. The zero-order valence-electron chi connectivity index (χ0n) is 13.0. The molecule has 0 amide bonds. The zero-order chi connectivity index (χ0) is 14.8. The van der Waals surface area contributed by atoms with Crippen LogP contribution >= 0.6 is 0 Å². The Balaban J connectivity index is 2.13. The van der Waals surface area contributed by atoms with Crippen LogP contribution < -0.4 is 10.6 Å². The first kappa shape index (κ1) is 15.3.